The van der Waals surface area contributed by atoms with Crippen LogP contribution in [0.4, 0.5) is 4.79 Å². The zero-order valence-corrected chi connectivity index (χ0v) is 24.8. The third-order valence-corrected chi connectivity index (χ3v) is 12.5. The van der Waals surface area contributed by atoms with Crippen LogP contribution in [0.3, 0.4) is 0 Å². The van der Waals surface area contributed by atoms with Crippen LogP contribution in [0.1, 0.15) is 92.9 Å². The van der Waals surface area contributed by atoms with Crippen molar-refractivity contribution in [1.82, 2.24) is 10.6 Å². The third-order valence-electron chi connectivity index (χ3n) is 12.5. The van der Waals surface area contributed by atoms with Crippen molar-refractivity contribution >= 4 is 17.8 Å². The lowest BCUT2D eigenvalue weighted by Crippen LogP contribution is -2.65. The number of aliphatic hydroxyl groups excluding tert-OH is 1. The van der Waals surface area contributed by atoms with Gasteiger partial charge in [-0.05, 0) is 98.2 Å². The van der Waals surface area contributed by atoms with Crippen molar-refractivity contribution in [2.24, 2.45) is 27.6 Å². The van der Waals surface area contributed by atoms with E-state index in [1.165, 1.54) is 5.57 Å². The van der Waals surface area contributed by atoms with Crippen molar-refractivity contribution in [2.45, 2.75) is 104 Å². The van der Waals surface area contributed by atoms with E-state index in [-0.39, 0.29) is 50.7 Å². The lowest BCUT2D eigenvalue weighted by Gasteiger charge is -2.70. The lowest BCUT2D eigenvalue weighted by molar-refractivity contribution is -0.152. The van der Waals surface area contributed by atoms with Crippen LogP contribution in [0, 0.1) is 27.6 Å². The van der Waals surface area contributed by atoms with E-state index in [4.69, 9.17) is 4.74 Å². The number of cyclic esters (lactones) is 1. The predicted molar refractivity (Wildman–Crippen MR) is 152 cm³/mol. The van der Waals surface area contributed by atoms with Crippen LogP contribution in [0.2, 0.25) is 0 Å². The Kier molecular flexibility index (Phi) is 5.87. The molecule has 0 bridgehead atoms. The van der Waals surface area contributed by atoms with Gasteiger partial charge in [0.25, 0.3) is 0 Å². The number of ketones is 1. The molecule has 2 amide bonds. The van der Waals surface area contributed by atoms with Gasteiger partial charge in [0.15, 0.2) is 5.76 Å². The largest absolute Gasteiger partial charge is 0.504 e. The number of esters is 1. The second-order valence-corrected chi connectivity index (χ2v) is 14.7. The molecule has 0 unspecified atom stereocenters. The first-order chi connectivity index (χ1) is 18.7. The Bertz CT molecular complexity index is 1340. The monoisotopic (exact) mass is 548 g/mol. The molecule has 5 aliphatic carbocycles. The van der Waals surface area contributed by atoms with Crippen LogP contribution < -0.4 is 10.6 Å². The fourth-order valence-corrected chi connectivity index (χ4v) is 9.67. The summed E-state index contributed by atoms with van der Waals surface area (Å²) in [6, 6.07) is -0.857. The SMILES string of the molecule is CC1=C(O)C(=O)C=C2C1=CC=C1[C@@]2(C)CC[C@@]2(C)[C@@H]3C[C@](C)(NC(=O)N[C@H]4CCOC4=O)CC[C@]3(C)CC[C@]12C. The van der Waals surface area contributed by atoms with Crippen molar-refractivity contribution in [1.29, 1.82) is 0 Å². The van der Waals surface area contributed by atoms with Crippen LogP contribution in [0.25, 0.3) is 0 Å². The molecule has 216 valence electrons. The van der Waals surface area contributed by atoms with Crippen molar-refractivity contribution in [3.8, 4) is 0 Å². The van der Waals surface area contributed by atoms with E-state index >= 15 is 0 Å². The smallest absolute Gasteiger partial charge is 0.328 e. The molecule has 4 fully saturated rings. The maximum Gasteiger partial charge on any atom is 0.328 e. The predicted octanol–water partition coefficient (Wildman–Crippen LogP) is 5.98. The Balaban J connectivity index is 1.32. The van der Waals surface area contributed by atoms with Gasteiger partial charge in [0.05, 0.1) is 6.61 Å². The molecule has 7 atom stereocenters. The molecule has 0 aromatic heterocycles. The maximum absolute atomic E-state index is 13.0. The van der Waals surface area contributed by atoms with Gasteiger partial charge in [0.1, 0.15) is 6.04 Å². The molecule has 0 spiro atoms. The summed E-state index contributed by atoms with van der Waals surface area (Å²) in [7, 11) is 0. The maximum atomic E-state index is 13.0. The van der Waals surface area contributed by atoms with Crippen LogP contribution >= 0.6 is 0 Å². The molecule has 40 heavy (non-hydrogen) atoms. The van der Waals surface area contributed by atoms with Gasteiger partial charge in [-0.25, -0.2) is 9.59 Å². The minimum atomic E-state index is -0.568. The Morgan fingerprint density at radius 1 is 1.00 bits per heavy atom. The van der Waals surface area contributed by atoms with Gasteiger partial charge >= 0.3 is 12.0 Å². The average Bonchev–Trinajstić information content (AvgIpc) is 3.29. The van der Waals surface area contributed by atoms with Crippen molar-refractivity contribution in [2.75, 3.05) is 6.61 Å². The van der Waals surface area contributed by atoms with Crippen LogP contribution in [0.5, 0.6) is 0 Å². The summed E-state index contributed by atoms with van der Waals surface area (Å²) in [6.07, 6.45) is 13.7. The lowest BCUT2D eigenvalue weighted by atomic mass is 9.35. The zero-order chi connectivity index (χ0) is 28.9. The summed E-state index contributed by atoms with van der Waals surface area (Å²) in [5.41, 5.74) is 3.63. The normalized spacial score (nSPS) is 44.2. The molecule has 6 aliphatic rings. The van der Waals surface area contributed by atoms with E-state index < -0.39 is 6.04 Å². The number of hydrogen-bond acceptors (Lipinski definition) is 5. The van der Waals surface area contributed by atoms with Gasteiger partial charge in [-0.3, -0.25) is 4.79 Å². The number of carbonyl (C=O) groups is 3. The fourth-order valence-electron chi connectivity index (χ4n) is 9.67. The number of fused-ring (bicyclic) bond motifs is 7. The third kappa shape index (κ3) is 3.64. The Morgan fingerprint density at radius 2 is 1.73 bits per heavy atom. The molecule has 1 aliphatic heterocycles. The van der Waals surface area contributed by atoms with E-state index in [1.807, 2.05) is 6.92 Å². The van der Waals surface area contributed by atoms with Crippen molar-refractivity contribution in [3.63, 3.8) is 0 Å². The number of urea groups is 1. The van der Waals surface area contributed by atoms with Gasteiger partial charge in [-0.2, -0.15) is 0 Å². The molecule has 0 radical (unpaired) electrons. The number of nitrogens with one attached hydrogen (secondary N) is 2. The van der Waals surface area contributed by atoms with E-state index in [9.17, 15) is 19.5 Å². The molecule has 0 aromatic carbocycles. The molecule has 0 aromatic rings. The number of hydrogen-bond donors (Lipinski definition) is 3. The van der Waals surface area contributed by atoms with Crippen molar-refractivity contribution < 1.29 is 24.2 Å². The first-order valence-corrected chi connectivity index (χ1v) is 15.0. The zero-order valence-electron chi connectivity index (χ0n) is 24.8. The van der Waals surface area contributed by atoms with Gasteiger partial charge in [-0.1, -0.05) is 45.4 Å². The topological polar surface area (TPSA) is 105 Å². The second-order valence-electron chi connectivity index (χ2n) is 14.7. The van der Waals surface area contributed by atoms with Crippen LogP contribution in [0.15, 0.2) is 46.3 Å². The number of rotatable bonds is 2. The van der Waals surface area contributed by atoms with Crippen LogP contribution in [-0.4, -0.2) is 41.1 Å². The Morgan fingerprint density at radius 3 is 2.42 bits per heavy atom. The van der Waals surface area contributed by atoms with Gasteiger partial charge in [0.2, 0.25) is 5.78 Å². The molecule has 6 rings (SSSR count). The summed E-state index contributed by atoms with van der Waals surface area (Å²) in [5, 5.41) is 16.5. The van der Waals surface area contributed by atoms with E-state index in [0.29, 0.717) is 24.5 Å². The molecule has 7 heteroatoms. The van der Waals surface area contributed by atoms with Crippen molar-refractivity contribution in [3.05, 3.63) is 46.3 Å². The molecule has 7 nitrogen and oxygen atoms in total. The van der Waals surface area contributed by atoms with Gasteiger partial charge in [0, 0.05) is 22.9 Å². The molecule has 1 heterocycles. The highest BCUT2D eigenvalue weighted by Crippen LogP contribution is 2.75. The highest BCUT2D eigenvalue weighted by atomic mass is 16.5. The van der Waals surface area contributed by atoms with E-state index in [2.05, 4.69) is 57.4 Å². The quantitative estimate of drug-likeness (QED) is 0.368. The first-order valence-electron chi connectivity index (χ1n) is 15.0. The minimum Gasteiger partial charge on any atom is -0.504 e. The second kappa shape index (κ2) is 8.59. The molecular weight excluding hydrogens is 504 g/mol. The highest BCUT2D eigenvalue weighted by Gasteiger charge is 2.66. The molecule has 3 N–H and O–H groups in total. The van der Waals surface area contributed by atoms with Crippen LogP contribution in [-0.2, 0) is 14.3 Å². The highest BCUT2D eigenvalue weighted by molar-refractivity contribution is 6.06. The molecule has 3 saturated carbocycles. The van der Waals surface area contributed by atoms with E-state index in [0.717, 1.165) is 56.1 Å². The number of carbonyl (C=O) groups excluding carboxylic acids is 3. The summed E-state index contributed by atoms with van der Waals surface area (Å²) in [4.78, 5) is 37.7. The average molecular weight is 549 g/mol. The first kappa shape index (κ1) is 27.3. The summed E-state index contributed by atoms with van der Waals surface area (Å²) in [6.45, 7) is 14.0. The number of amides is 2. The minimum absolute atomic E-state index is 0.0119. The Labute approximate surface area is 237 Å². The fraction of sp³-hybridized carbons (Fsp3) is 0.667. The molecular formula is C33H44N2O5. The summed E-state index contributed by atoms with van der Waals surface area (Å²) in [5.74, 6) is -0.387. The van der Waals surface area contributed by atoms with Gasteiger partial charge in [-0.15, -0.1) is 0 Å². The standard InChI is InChI=1S/C33H44N2O5/c1-19-20-7-8-24-31(4,21(20)17-23(36)26(19)37)13-15-33(6)25-18-30(3,12-10-29(25,2)11-14-32(24,33)5)35-28(39)34-22-9-16-40-27(22)38/h7-8,17,22,25,37H,9-16,18H2,1-6H3,(H2,34,35,39)/t22-,25+,29+,30+,31-,32+,33-/m0/s1. The number of allylic oxidation sites excluding steroid dienone is 7. The molecule has 1 saturated heterocycles. The summed E-state index contributed by atoms with van der Waals surface area (Å²) >= 11 is 0. The number of aliphatic hydroxyl groups is 1. The Hall–Kier alpha value is -2.83. The van der Waals surface area contributed by atoms with E-state index in [1.54, 1.807) is 6.08 Å². The number of ether oxygens (including phenoxy) is 1. The van der Waals surface area contributed by atoms with Gasteiger partial charge < -0.3 is 20.5 Å². The summed E-state index contributed by atoms with van der Waals surface area (Å²) < 4.78 is 5.02.